The summed E-state index contributed by atoms with van der Waals surface area (Å²) < 4.78 is 0. The summed E-state index contributed by atoms with van der Waals surface area (Å²) in [4.78, 5) is 27.6. The van der Waals surface area contributed by atoms with Crippen LogP contribution in [0.3, 0.4) is 0 Å². The Hall–Kier alpha value is -1.91. The lowest BCUT2D eigenvalue weighted by atomic mass is 10.1. The molecule has 0 saturated carbocycles. The van der Waals surface area contributed by atoms with Gasteiger partial charge in [0.1, 0.15) is 0 Å². The highest BCUT2D eigenvalue weighted by Crippen LogP contribution is 2.24. The van der Waals surface area contributed by atoms with E-state index in [1.165, 1.54) is 4.90 Å². The van der Waals surface area contributed by atoms with E-state index < -0.39 is 11.9 Å². The summed E-state index contributed by atoms with van der Waals surface area (Å²) in [5, 5.41) is 8.80. The first-order valence-corrected chi connectivity index (χ1v) is 4.61. The van der Waals surface area contributed by atoms with E-state index in [2.05, 4.69) is 4.98 Å². The van der Waals surface area contributed by atoms with Crippen LogP contribution < -0.4 is 4.90 Å². The van der Waals surface area contributed by atoms with Crippen LogP contribution in [0.1, 0.15) is 6.42 Å². The number of hydrogen-bond donors (Lipinski definition) is 1. The van der Waals surface area contributed by atoms with Gasteiger partial charge in [-0.05, 0) is 12.1 Å². The first kappa shape index (κ1) is 9.64. The van der Waals surface area contributed by atoms with Crippen LogP contribution in [0.25, 0.3) is 0 Å². The van der Waals surface area contributed by atoms with Crippen LogP contribution in [0.15, 0.2) is 24.5 Å². The molecule has 1 atom stereocenters. The second-order valence-electron chi connectivity index (χ2n) is 3.45. The van der Waals surface area contributed by atoms with E-state index in [-0.39, 0.29) is 18.9 Å². The lowest BCUT2D eigenvalue weighted by Crippen LogP contribution is -2.25. The number of aliphatic carboxylic acids is 1. The molecule has 5 heteroatoms. The number of anilines is 1. The third-order valence-corrected chi connectivity index (χ3v) is 2.45. The molecule has 5 nitrogen and oxygen atoms in total. The Labute approximate surface area is 86.3 Å². The second kappa shape index (κ2) is 3.68. The van der Waals surface area contributed by atoms with Gasteiger partial charge in [0, 0.05) is 31.0 Å². The average molecular weight is 206 g/mol. The first-order valence-electron chi connectivity index (χ1n) is 4.61. The number of carboxylic acid groups (broad SMARTS) is 1. The molecule has 0 bridgehead atoms. The van der Waals surface area contributed by atoms with Crippen molar-refractivity contribution >= 4 is 17.6 Å². The topological polar surface area (TPSA) is 70.5 Å². The van der Waals surface area contributed by atoms with Gasteiger partial charge in [0.25, 0.3) is 0 Å². The number of aromatic nitrogens is 1. The predicted molar refractivity (Wildman–Crippen MR) is 52.3 cm³/mol. The molecule has 2 heterocycles. The molecule has 1 aromatic heterocycles. The van der Waals surface area contributed by atoms with Crippen LogP contribution >= 0.6 is 0 Å². The van der Waals surface area contributed by atoms with Crippen LogP contribution in [-0.4, -0.2) is 28.5 Å². The van der Waals surface area contributed by atoms with Gasteiger partial charge >= 0.3 is 5.97 Å². The van der Waals surface area contributed by atoms with Gasteiger partial charge in [0.2, 0.25) is 5.91 Å². The van der Waals surface area contributed by atoms with Crippen LogP contribution in [0, 0.1) is 5.92 Å². The Morgan fingerprint density at radius 3 is 2.67 bits per heavy atom. The zero-order valence-corrected chi connectivity index (χ0v) is 7.96. The van der Waals surface area contributed by atoms with E-state index >= 15 is 0 Å². The van der Waals surface area contributed by atoms with E-state index in [1.807, 2.05) is 0 Å². The van der Waals surface area contributed by atoms with Gasteiger partial charge in [0.15, 0.2) is 0 Å². The van der Waals surface area contributed by atoms with E-state index in [1.54, 1.807) is 24.5 Å². The minimum absolute atomic E-state index is 0.0810. The van der Waals surface area contributed by atoms with Crippen molar-refractivity contribution in [3.63, 3.8) is 0 Å². The number of carbonyl (C=O) groups excluding carboxylic acids is 1. The molecule has 0 spiro atoms. The summed E-state index contributed by atoms with van der Waals surface area (Å²) >= 11 is 0. The zero-order valence-electron chi connectivity index (χ0n) is 7.96. The van der Waals surface area contributed by atoms with Crippen molar-refractivity contribution < 1.29 is 14.7 Å². The number of rotatable bonds is 2. The maximum Gasteiger partial charge on any atom is 0.308 e. The minimum Gasteiger partial charge on any atom is -0.481 e. The summed E-state index contributed by atoms with van der Waals surface area (Å²) in [6, 6.07) is 3.39. The molecule has 1 amide bonds. The Kier molecular flexibility index (Phi) is 2.37. The second-order valence-corrected chi connectivity index (χ2v) is 3.45. The van der Waals surface area contributed by atoms with E-state index in [0.29, 0.717) is 5.69 Å². The molecule has 1 aliphatic rings. The van der Waals surface area contributed by atoms with E-state index in [0.717, 1.165) is 0 Å². The van der Waals surface area contributed by atoms with Crippen molar-refractivity contribution in [2.75, 3.05) is 11.4 Å². The standard InChI is InChI=1S/C10H10N2O3/c13-9-5-7(10(14)15)6-12(9)8-1-3-11-4-2-8/h1-4,7H,5-6H2,(H,14,15)/t7-/m0/s1. The molecule has 0 radical (unpaired) electrons. The number of amides is 1. The Balaban J connectivity index is 2.19. The van der Waals surface area contributed by atoms with Gasteiger partial charge in [-0.1, -0.05) is 0 Å². The van der Waals surface area contributed by atoms with Crippen molar-refractivity contribution in [2.24, 2.45) is 5.92 Å². The third-order valence-electron chi connectivity index (χ3n) is 2.45. The van der Waals surface area contributed by atoms with Crippen molar-refractivity contribution in [1.29, 1.82) is 0 Å². The molecule has 1 aliphatic heterocycles. The Morgan fingerprint density at radius 1 is 1.47 bits per heavy atom. The van der Waals surface area contributed by atoms with Gasteiger partial charge in [-0.25, -0.2) is 0 Å². The molecule has 1 saturated heterocycles. The molecule has 0 unspecified atom stereocenters. The molecule has 78 valence electrons. The monoisotopic (exact) mass is 206 g/mol. The van der Waals surface area contributed by atoms with E-state index in [4.69, 9.17) is 5.11 Å². The zero-order chi connectivity index (χ0) is 10.8. The van der Waals surface area contributed by atoms with Crippen LogP contribution in [0.5, 0.6) is 0 Å². The highest BCUT2D eigenvalue weighted by atomic mass is 16.4. The lowest BCUT2D eigenvalue weighted by Gasteiger charge is -2.15. The van der Waals surface area contributed by atoms with Gasteiger partial charge in [-0.2, -0.15) is 0 Å². The number of pyridine rings is 1. The van der Waals surface area contributed by atoms with Gasteiger partial charge < -0.3 is 10.0 Å². The van der Waals surface area contributed by atoms with Crippen molar-refractivity contribution in [3.8, 4) is 0 Å². The van der Waals surface area contributed by atoms with Crippen LogP contribution in [0.2, 0.25) is 0 Å². The van der Waals surface area contributed by atoms with Crippen LogP contribution in [0.4, 0.5) is 5.69 Å². The van der Waals surface area contributed by atoms with Gasteiger partial charge in [0.05, 0.1) is 5.92 Å². The number of carboxylic acids is 1. The molecule has 1 aromatic rings. The largest absolute Gasteiger partial charge is 0.481 e. The molecular weight excluding hydrogens is 196 g/mol. The smallest absolute Gasteiger partial charge is 0.308 e. The molecular formula is C10H10N2O3. The highest BCUT2D eigenvalue weighted by molar-refractivity contribution is 5.99. The molecule has 1 N–H and O–H groups in total. The maximum absolute atomic E-state index is 11.5. The van der Waals surface area contributed by atoms with Gasteiger partial charge in [-0.3, -0.25) is 14.6 Å². The fraction of sp³-hybridized carbons (Fsp3) is 0.300. The van der Waals surface area contributed by atoms with Crippen LogP contribution in [-0.2, 0) is 9.59 Å². The molecule has 15 heavy (non-hydrogen) atoms. The predicted octanol–water partition coefficient (Wildman–Crippen LogP) is 0.519. The van der Waals surface area contributed by atoms with Crippen molar-refractivity contribution in [3.05, 3.63) is 24.5 Å². The van der Waals surface area contributed by atoms with Gasteiger partial charge in [-0.15, -0.1) is 0 Å². The molecule has 2 rings (SSSR count). The van der Waals surface area contributed by atoms with E-state index in [9.17, 15) is 9.59 Å². The molecule has 1 fully saturated rings. The minimum atomic E-state index is -0.917. The number of carbonyl (C=O) groups is 2. The molecule has 0 aliphatic carbocycles. The maximum atomic E-state index is 11.5. The Bertz CT molecular complexity index is 391. The fourth-order valence-electron chi connectivity index (χ4n) is 1.65. The SMILES string of the molecule is O=C(O)[C@H]1CC(=O)N(c2ccncc2)C1. The van der Waals surface area contributed by atoms with Crippen molar-refractivity contribution in [2.45, 2.75) is 6.42 Å². The first-order chi connectivity index (χ1) is 7.18. The summed E-state index contributed by atoms with van der Waals surface area (Å²) in [6.45, 7) is 0.248. The summed E-state index contributed by atoms with van der Waals surface area (Å²) in [5.74, 6) is -1.65. The fourth-order valence-corrected chi connectivity index (χ4v) is 1.65. The quantitative estimate of drug-likeness (QED) is 0.765. The summed E-state index contributed by atoms with van der Waals surface area (Å²) in [5.41, 5.74) is 0.707. The summed E-state index contributed by atoms with van der Waals surface area (Å²) in [6.07, 6.45) is 3.24. The number of hydrogen-bond acceptors (Lipinski definition) is 3. The highest BCUT2D eigenvalue weighted by Gasteiger charge is 2.34. The average Bonchev–Trinajstić information content (AvgIpc) is 2.62. The Morgan fingerprint density at radius 2 is 2.13 bits per heavy atom. The van der Waals surface area contributed by atoms with Crippen molar-refractivity contribution in [1.82, 2.24) is 4.98 Å². The lowest BCUT2D eigenvalue weighted by molar-refractivity contribution is -0.141. The number of nitrogens with zero attached hydrogens (tertiary/aromatic N) is 2. The normalized spacial score (nSPS) is 20.7. The third kappa shape index (κ3) is 1.81. The molecule has 0 aromatic carbocycles. The summed E-state index contributed by atoms with van der Waals surface area (Å²) in [7, 11) is 0.